The highest BCUT2D eigenvalue weighted by Gasteiger charge is 2.39. The van der Waals surface area contributed by atoms with Crippen LogP contribution >= 0.6 is 0 Å². The number of carbonyl (C=O) groups is 1. The molecule has 0 radical (unpaired) electrons. The number of benzene rings is 2. The van der Waals surface area contributed by atoms with Crippen molar-refractivity contribution in [3.05, 3.63) is 59.4 Å². The molecule has 2 aromatic carbocycles. The molecule has 0 saturated heterocycles. The van der Waals surface area contributed by atoms with Gasteiger partial charge in [-0.05, 0) is 61.7 Å². The first-order chi connectivity index (χ1) is 12.7. The van der Waals surface area contributed by atoms with Crippen molar-refractivity contribution < 1.29 is 9.53 Å². The zero-order chi connectivity index (χ0) is 17.7. The van der Waals surface area contributed by atoms with Crippen molar-refractivity contribution in [2.24, 2.45) is 0 Å². The number of ether oxygens (including phenoxy) is 1. The lowest BCUT2D eigenvalue weighted by Gasteiger charge is -2.14. The first-order valence-electron chi connectivity index (χ1n) is 8.98. The van der Waals surface area contributed by atoms with E-state index in [4.69, 9.17) is 14.7 Å². The molecule has 5 heteroatoms. The molecule has 1 N–H and O–H groups in total. The topological polar surface area (TPSA) is 64.1 Å². The van der Waals surface area contributed by atoms with Crippen LogP contribution in [-0.4, -0.2) is 23.0 Å². The minimum atomic E-state index is -0.152. The Morgan fingerprint density at radius 1 is 1.00 bits per heavy atom. The van der Waals surface area contributed by atoms with Crippen LogP contribution in [0.4, 0.5) is 5.69 Å². The van der Waals surface area contributed by atoms with Crippen LogP contribution in [-0.2, 0) is 0 Å². The second kappa shape index (κ2) is 5.80. The molecule has 1 amide bonds. The summed E-state index contributed by atoms with van der Waals surface area (Å²) in [5, 5.41) is 2.91. The van der Waals surface area contributed by atoms with E-state index >= 15 is 0 Å². The fourth-order valence-electron chi connectivity index (χ4n) is 4.18. The third-order valence-electron chi connectivity index (χ3n) is 5.54. The molecule has 2 unspecified atom stereocenters. The van der Waals surface area contributed by atoms with Crippen molar-refractivity contribution >= 4 is 22.6 Å². The predicted molar refractivity (Wildman–Crippen MR) is 99.8 cm³/mol. The summed E-state index contributed by atoms with van der Waals surface area (Å²) in [6.07, 6.45) is 3.65. The maximum Gasteiger partial charge on any atom is 0.255 e. The SMILES string of the molecule is COc1ccc(NC(=O)c2ccc3nc4c(nc3c2)C2CCC4C2)cc1. The Labute approximate surface area is 151 Å². The summed E-state index contributed by atoms with van der Waals surface area (Å²) in [5.41, 5.74) is 5.33. The number of nitrogens with zero attached hydrogens (tertiary/aromatic N) is 2. The average Bonchev–Trinajstić information content (AvgIpc) is 3.29. The molecule has 1 heterocycles. The largest absolute Gasteiger partial charge is 0.497 e. The summed E-state index contributed by atoms with van der Waals surface area (Å²) in [7, 11) is 1.62. The lowest BCUT2D eigenvalue weighted by Crippen LogP contribution is -2.12. The standard InChI is InChI=1S/C21H19N3O2/c1-26-16-7-5-15(6-8-16)22-21(25)14-4-9-17-18(11-14)24-20-13-3-2-12(10-13)19(20)23-17/h4-9,11-13H,2-3,10H2,1H3,(H,22,25). The Kier molecular flexibility index (Phi) is 3.42. The van der Waals surface area contributed by atoms with Crippen LogP contribution in [0.3, 0.4) is 0 Å². The highest BCUT2D eigenvalue weighted by atomic mass is 16.5. The first kappa shape index (κ1) is 15.3. The Hall–Kier alpha value is -2.95. The van der Waals surface area contributed by atoms with Gasteiger partial charge in [0.2, 0.25) is 0 Å². The lowest BCUT2D eigenvalue weighted by molar-refractivity contribution is 0.102. The Balaban J connectivity index is 1.44. The van der Waals surface area contributed by atoms with Gasteiger partial charge >= 0.3 is 0 Å². The number of nitrogens with one attached hydrogen (secondary N) is 1. The Morgan fingerprint density at radius 2 is 1.69 bits per heavy atom. The molecule has 1 fully saturated rings. The number of anilines is 1. The highest BCUT2D eigenvalue weighted by Crippen LogP contribution is 2.51. The molecule has 0 spiro atoms. The Bertz CT molecular complexity index is 1010. The van der Waals surface area contributed by atoms with Gasteiger partial charge in [0.15, 0.2) is 0 Å². The molecule has 2 aliphatic carbocycles. The van der Waals surface area contributed by atoms with Crippen molar-refractivity contribution in [1.82, 2.24) is 9.97 Å². The first-order valence-corrected chi connectivity index (χ1v) is 8.98. The fourth-order valence-corrected chi connectivity index (χ4v) is 4.18. The van der Waals surface area contributed by atoms with Crippen molar-refractivity contribution in [1.29, 1.82) is 0 Å². The van der Waals surface area contributed by atoms with Crippen LogP contribution in [0.5, 0.6) is 5.75 Å². The lowest BCUT2D eigenvalue weighted by atomic mass is 10.00. The van der Waals surface area contributed by atoms with Gasteiger partial charge in [-0.2, -0.15) is 0 Å². The van der Waals surface area contributed by atoms with E-state index in [1.54, 1.807) is 7.11 Å². The zero-order valence-corrected chi connectivity index (χ0v) is 14.5. The van der Waals surface area contributed by atoms with Crippen molar-refractivity contribution in [2.75, 3.05) is 12.4 Å². The molecule has 5 rings (SSSR count). The second-order valence-corrected chi connectivity index (χ2v) is 7.09. The molecule has 3 aromatic rings. The third-order valence-corrected chi connectivity index (χ3v) is 5.54. The number of carbonyl (C=O) groups excluding carboxylic acids is 1. The summed E-state index contributed by atoms with van der Waals surface area (Å²) >= 11 is 0. The molecular weight excluding hydrogens is 326 g/mol. The second-order valence-electron chi connectivity index (χ2n) is 7.09. The van der Waals surface area contributed by atoms with Gasteiger partial charge in [-0.1, -0.05) is 0 Å². The summed E-state index contributed by atoms with van der Waals surface area (Å²) in [6, 6.07) is 12.8. The van der Waals surface area contributed by atoms with Gasteiger partial charge in [-0.3, -0.25) is 4.79 Å². The molecule has 0 aliphatic heterocycles. The summed E-state index contributed by atoms with van der Waals surface area (Å²) in [4.78, 5) is 22.3. The van der Waals surface area contributed by atoms with Crippen LogP contribution in [0.1, 0.15) is 52.8 Å². The van der Waals surface area contributed by atoms with E-state index in [9.17, 15) is 4.79 Å². The van der Waals surface area contributed by atoms with Crippen LogP contribution < -0.4 is 10.1 Å². The van der Waals surface area contributed by atoms with Crippen LogP contribution in [0.25, 0.3) is 11.0 Å². The number of methoxy groups -OCH3 is 1. The summed E-state index contributed by atoms with van der Waals surface area (Å²) < 4.78 is 5.14. The number of fused-ring (bicyclic) bond motifs is 6. The number of hydrogen-bond donors (Lipinski definition) is 1. The maximum absolute atomic E-state index is 12.6. The van der Waals surface area contributed by atoms with E-state index < -0.39 is 0 Å². The monoisotopic (exact) mass is 345 g/mol. The number of aromatic nitrogens is 2. The highest BCUT2D eigenvalue weighted by molar-refractivity contribution is 6.05. The van der Waals surface area contributed by atoms with E-state index in [-0.39, 0.29) is 5.91 Å². The fraction of sp³-hybridized carbons (Fsp3) is 0.286. The van der Waals surface area contributed by atoms with Gasteiger partial charge in [0.1, 0.15) is 5.75 Å². The minimum absolute atomic E-state index is 0.152. The third kappa shape index (κ3) is 2.43. The molecule has 130 valence electrons. The van der Waals surface area contributed by atoms with Gasteiger partial charge in [0.25, 0.3) is 5.91 Å². The molecule has 1 aromatic heterocycles. The zero-order valence-electron chi connectivity index (χ0n) is 14.5. The molecule has 2 atom stereocenters. The molecule has 1 saturated carbocycles. The summed E-state index contributed by atoms with van der Waals surface area (Å²) in [6.45, 7) is 0. The van der Waals surface area contributed by atoms with Crippen LogP contribution in [0.2, 0.25) is 0 Å². The van der Waals surface area contributed by atoms with Gasteiger partial charge in [0, 0.05) is 23.1 Å². The molecule has 26 heavy (non-hydrogen) atoms. The van der Waals surface area contributed by atoms with Crippen molar-refractivity contribution in [3.8, 4) is 5.75 Å². The van der Waals surface area contributed by atoms with Crippen molar-refractivity contribution in [2.45, 2.75) is 31.1 Å². The quantitative estimate of drug-likeness (QED) is 0.770. The summed E-state index contributed by atoms with van der Waals surface area (Å²) in [5.74, 6) is 1.75. The van der Waals surface area contributed by atoms with Gasteiger partial charge in [0.05, 0.1) is 29.5 Å². The molecular formula is C21H19N3O2. The van der Waals surface area contributed by atoms with E-state index in [0.717, 1.165) is 28.2 Å². The van der Waals surface area contributed by atoms with Crippen molar-refractivity contribution in [3.63, 3.8) is 0 Å². The van der Waals surface area contributed by atoms with E-state index in [2.05, 4.69) is 5.32 Å². The van der Waals surface area contributed by atoms with E-state index in [1.807, 2.05) is 42.5 Å². The minimum Gasteiger partial charge on any atom is -0.497 e. The molecule has 2 bridgehead atoms. The molecule has 5 nitrogen and oxygen atoms in total. The van der Waals surface area contributed by atoms with Gasteiger partial charge in [-0.15, -0.1) is 0 Å². The predicted octanol–water partition coefficient (Wildman–Crippen LogP) is 4.26. The normalized spacial score (nSPS) is 20.2. The van der Waals surface area contributed by atoms with Crippen LogP contribution in [0, 0.1) is 0 Å². The Morgan fingerprint density at radius 3 is 2.38 bits per heavy atom. The van der Waals surface area contributed by atoms with Crippen LogP contribution in [0.15, 0.2) is 42.5 Å². The van der Waals surface area contributed by atoms with Gasteiger partial charge < -0.3 is 10.1 Å². The smallest absolute Gasteiger partial charge is 0.255 e. The number of rotatable bonds is 3. The molecule has 2 aliphatic rings. The number of hydrogen-bond acceptors (Lipinski definition) is 4. The average molecular weight is 345 g/mol. The van der Waals surface area contributed by atoms with Gasteiger partial charge in [-0.25, -0.2) is 9.97 Å². The number of amides is 1. The maximum atomic E-state index is 12.6. The van der Waals surface area contributed by atoms with E-state index in [0.29, 0.717) is 17.4 Å². The van der Waals surface area contributed by atoms with E-state index in [1.165, 1.54) is 25.0 Å².